The minimum atomic E-state index is -3.93. The van der Waals surface area contributed by atoms with Crippen LogP contribution in [0.3, 0.4) is 0 Å². The standard InChI is InChI=1S/C32H43ClO8S/c1-7-8-18-40-28(36)31(5,22-42(38,39)25-14-11-23(2)12-15-25)21-32(6,33)29(37)41-19-10-9-17-30(3,4)26-20-24(34)13-16-27(26)35/h11-16,20H,7-10,17-19,21-22H2,1-6H3. The zero-order valence-electron chi connectivity index (χ0n) is 25.5. The van der Waals surface area contributed by atoms with E-state index in [9.17, 15) is 27.6 Å². The van der Waals surface area contributed by atoms with Crippen molar-refractivity contribution in [2.45, 2.75) is 89.8 Å². The number of sulfone groups is 1. The molecule has 0 N–H and O–H groups in total. The molecule has 2 atom stereocenters. The van der Waals surface area contributed by atoms with Crippen LogP contribution >= 0.6 is 11.6 Å². The molecule has 0 saturated heterocycles. The van der Waals surface area contributed by atoms with Crippen LogP contribution in [0.4, 0.5) is 0 Å². The molecular formula is C32H43ClO8S. The number of aryl methyl sites for hydroxylation is 1. The number of allylic oxidation sites excluding steroid dienone is 4. The van der Waals surface area contributed by atoms with Crippen LogP contribution < -0.4 is 0 Å². The van der Waals surface area contributed by atoms with E-state index >= 15 is 0 Å². The Bertz CT molecular complexity index is 1320. The third kappa shape index (κ3) is 9.90. The lowest BCUT2D eigenvalue weighted by Gasteiger charge is -2.33. The second-order valence-corrected chi connectivity index (χ2v) is 15.0. The van der Waals surface area contributed by atoms with Crippen molar-refractivity contribution in [3.63, 3.8) is 0 Å². The first-order valence-corrected chi connectivity index (χ1v) is 16.3. The zero-order valence-corrected chi connectivity index (χ0v) is 27.0. The average Bonchev–Trinajstić information content (AvgIpc) is 2.89. The maximum atomic E-state index is 13.3. The highest BCUT2D eigenvalue weighted by Gasteiger charge is 2.48. The van der Waals surface area contributed by atoms with Crippen LogP contribution in [0.2, 0.25) is 0 Å². The van der Waals surface area contributed by atoms with Gasteiger partial charge >= 0.3 is 11.9 Å². The average molecular weight is 623 g/mol. The summed E-state index contributed by atoms with van der Waals surface area (Å²) in [4.78, 5) is 48.6. The van der Waals surface area contributed by atoms with Crippen molar-refractivity contribution in [1.29, 1.82) is 0 Å². The minimum Gasteiger partial charge on any atom is -0.465 e. The smallest absolute Gasteiger partial charge is 0.326 e. The van der Waals surface area contributed by atoms with E-state index in [1.807, 2.05) is 27.7 Å². The molecule has 2 rings (SSSR count). The molecule has 0 fully saturated rings. The van der Waals surface area contributed by atoms with E-state index in [4.69, 9.17) is 21.1 Å². The fraction of sp³-hybridized carbons (Fsp3) is 0.562. The Hall–Kier alpha value is -2.78. The monoisotopic (exact) mass is 622 g/mol. The number of alkyl halides is 1. The van der Waals surface area contributed by atoms with Gasteiger partial charge in [0.15, 0.2) is 21.4 Å². The maximum Gasteiger partial charge on any atom is 0.326 e. The third-order valence-corrected chi connectivity index (χ3v) is 9.67. The minimum absolute atomic E-state index is 0.0440. The summed E-state index contributed by atoms with van der Waals surface area (Å²) in [6, 6.07) is 6.32. The Balaban J connectivity index is 2.06. The number of hydrogen-bond donors (Lipinski definition) is 0. The van der Waals surface area contributed by atoms with Crippen molar-refractivity contribution >= 4 is 44.9 Å². The summed E-state index contributed by atoms with van der Waals surface area (Å²) >= 11 is 6.63. The maximum absolute atomic E-state index is 13.3. The SMILES string of the molecule is CCCCOC(=O)C(C)(CC(C)(Cl)C(=O)OCCCCC(C)(C)C1=CC(=O)C=CC1=O)CS(=O)(=O)c1ccc(C)cc1. The van der Waals surface area contributed by atoms with Gasteiger partial charge in [-0.3, -0.25) is 19.2 Å². The second kappa shape index (κ2) is 14.6. The van der Waals surface area contributed by atoms with E-state index in [0.29, 0.717) is 31.3 Å². The molecule has 42 heavy (non-hydrogen) atoms. The molecule has 8 nitrogen and oxygen atoms in total. The number of carbonyl (C=O) groups excluding carboxylic acids is 4. The van der Waals surface area contributed by atoms with Gasteiger partial charge in [-0.15, -0.1) is 11.6 Å². The van der Waals surface area contributed by atoms with Gasteiger partial charge in [-0.1, -0.05) is 44.9 Å². The van der Waals surface area contributed by atoms with Crippen molar-refractivity contribution in [1.82, 2.24) is 0 Å². The summed E-state index contributed by atoms with van der Waals surface area (Å²) in [6.45, 7) is 10.6. The number of carbonyl (C=O) groups is 4. The predicted octanol–water partition coefficient (Wildman–Crippen LogP) is 5.88. The van der Waals surface area contributed by atoms with Crippen LogP contribution in [0.5, 0.6) is 0 Å². The fourth-order valence-corrected chi connectivity index (χ4v) is 7.00. The molecule has 232 valence electrons. The molecule has 0 heterocycles. The lowest BCUT2D eigenvalue weighted by atomic mass is 9.76. The van der Waals surface area contributed by atoms with Crippen LogP contribution in [0.1, 0.15) is 78.7 Å². The molecule has 0 aliphatic heterocycles. The number of ketones is 2. The number of unbranched alkanes of at least 4 members (excludes halogenated alkanes) is 2. The lowest BCUT2D eigenvalue weighted by Crippen LogP contribution is -2.45. The Kier molecular flexibility index (Phi) is 12.3. The molecular weight excluding hydrogens is 580 g/mol. The topological polar surface area (TPSA) is 121 Å². The van der Waals surface area contributed by atoms with Gasteiger partial charge in [0.25, 0.3) is 0 Å². The number of ether oxygens (including phenoxy) is 2. The molecule has 0 amide bonds. The van der Waals surface area contributed by atoms with Crippen LogP contribution in [0.15, 0.2) is 53.0 Å². The van der Waals surface area contributed by atoms with E-state index in [2.05, 4.69) is 0 Å². The summed E-state index contributed by atoms with van der Waals surface area (Å²) in [5.41, 5.74) is -0.817. The highest BCUT2D eigenvalue weighted by Crippen LogP contribution is 2.38. The van der Waals surface area contributed by atoms with E-state index in [0.717, 1.165) is 12.0 Å². The number of hydrogen-bond acceptors (Lipinski definition) is 8. The molecule has 0 bridgehead atoms. The van der Waals surface area contributed by atoms with Crippen molar-refractivity contribution in [3.8, 4) is 0 Å². The summed E-state index contributed by atoms with van der Waals surface area (Å²) < 4.78 is 37.5. The molecule has 0 saturated carbocycles. The van der Waals surface area contributed by atoms with E-state index in [1.54, 1.807) is 12.1 Å². The Morgan fingerprint density at radius 3 is 2.10 bits per heavy atom. The first-order chi connectivity index (χ1) is 19.4. The highest BCUT2D eigenvalue weighted by atomic mass is 35.5. The van der Waals surface area contributed by atoms with Gasteiger partial charge in [0.1, 0.15) is 4.87 Å². The Morgan fingerprint density at radius 2 is 1.48 bits per heavy atom. The normalized spacial score (nSPS) is 16.8. The van der Waals surface area contributed by atoms with Crippen LogP contribution in [-0.2, 0) is 38.5 Å². The third-order valence-electron chi connectivity index (χ3n) is 7.37. The van der Waals surface area contributed by atoms with Crippen molar-refractivity contribution in [2.24, 2.45) is 10.8 Å². The summed E-state index contributed by atoms with van der Waals surface area (Å²) in [7, 11) is -3.93. The van der Waals surface area contributed by atoms with Gasteiger partial charge < -0.3 is 9.47 Å². The number of benzene rings is 1. The summed E-state index contributed by atoms with van der Waals surface area (Å²) in [5, 5.41) is 0. The Morgan fingerprint density at radius 1 is 0.881 bits per heavy atom. The molecule has 1 aromatic carbocycles. The molecule has 0 spiro atoms. The van der Waals surface area contributed by atoms with Crippen molar-refractivity contribution in [2.75, 3.05) is 19.0 Å². The molecule has 10 heteroatoms. The van der Waals surface area contributed by atoms with Gasteiger partial charge in [0.05, 0.1) is 29.3 Å². The van der Waals surface area contributed by atoms with Crippen LogP contribution in [-0.4, -0.2) is 55.8 Å². The molecule has 1 aliphatic rings. The number of rotatable bonds is 16. The van der Waals surface area contributed by atoms with Gasteiger partial charge in [0, 0.05) is 5.57 Å². The predicted molar refractivity (Wildman–Crippen MR) is 162 cm³/mol. The first kappa shape index (κ1) is 35.4. The Labute approximate surface area is 254 Å². The second-order valence-electron chi connectivity index (χ2n) is 12.1. The highest BCUT2D eigenvalue weighted by molar-refractivity contribution is 7.91. The zero-order chi connectivity index (χ0) is 31.8. The number of halogens is 1. The van der Waals surface area contributed by atoms with E-state index < -0.39 is 43.2 Å². The molecule has 0 aromatic heterocycles. The van der Waals surface area contributed by atoms with Crippen molar-refractivity contribution in [3.05, 3.63) is 53.6 Å². The summed E-state index contributed by atoms with van der Waals surface area (Å²) in [6.07, 6.45) is 6.64. The first-order valence-electron chi connectivity index (χ1n) is 14.2. The molecule has 1 aromatic rings. The number of esters is 2. The fourth-order valence-electron chi connectivity index (χ4n) is 4.88. The molecule has 0 radical (unpaired) electrons. The van der Waals surface area contributed by atoms with E-state index in [-0.39, 0.29) is 36.1 Å². The van der Waals surface area contributed by atoms with E-state index in [1.165, 1.54) is 44.2 Å². The van der Waals surface area contributed by atoms with Gasteiger partial charge in [0.2, 0.25) is 0 Å². The van der Waals surface area contributed by atoms with Gasteiger partial charge in [-0.2, -0.15) is 0 Å². The molecule has 2 unspecified atom stereocenters. The summed E-state index contributed by atoms with van der Waals surface area (Å²) in [5.74, 6) is -2.52. The van der Waals surface area contributed by atoms with Crippen molar-refractivity contribution < 1.29 is 37.1 Å². The quantitative estimate of drug-likeness (QED) is 0.0970. The van der Waals surface area contributed by atoms with Crippen LogP contribution in [0.25, 0.3) is 0 Å². The molecule has 1 aliphatic carbocycles. The lowest BCUT2D eigenvalue weighted by molar-refractivity contribution is -0.156. The largest absolute Gasteiger partial charge is 0.465 e. The van der Waals surface area contributed by atoms with Crippen LogP contribution in [0, 0.1) is 17.8 Å². The van der Waals surface area contributed by atoms with Gasteiger partial charge in [-0.05, 0) is 88.7 Å². The van der Waals surface area contributed by atoms with Gasteiger partial charge in [-0.25, -0.2) is 8.42 Å².